The van der Waals surface area contributed by atoms with Crippen molar-refractivity contribution in [2.75, 3.05) is 13.7 Å². The molecule has 6 heteroatoms. The topological polar surface area (TPSA) is 65.5 Å². The Morgan fingerprint density at radius 3 is 2.84 bits per heavy atom. The highest BCUT2D eigenvalue weighted by molar-refractivity contribution is 5.89. The summed E-state index contributed by atoms with van der Waals surface area (Å²) in [6.45, 7) is 1.98. The second-order valence-corrected chi connectivity index (χ2v) is 3.34. The number of halogens is 1. The number of hydrogen-bond acceptors (Lipinski definition) is 5. The van der Waals surface area contributed by atoms with E-state index >= 15 is 0 Å². The van der Waals surface area contributed by atoms with Crippen molar-refractivity contribution >= 4 is 11.9 Å². The molecule has 0 N–H and O–H groups in total. The first-order valence-electron chi connectivity index (χ1n) is 5.46. The van der Waals surface area contributed by atoms with Crippen LogP contribution in [0.15, 0.2) is 12.3 Å². The molecule has 0 unspecified atom stereocenters. The van der Waals surface area contributed by atoms with Crippen molar-refractivity contribution in [2.45, 2.75) is 13.3 Å². The molecule has 0 fully saturated rings. The van der Waals surface area contributed by atoms with Crippen molar-refractivity contribution in [2.24, 2.45) is 0 Å². The zero-order valence-electron chi connectivity index (χ0n) is 10.5. The van der Waals surface area contributed by atoms with Crippen LogP contribution < -0.4 is 0 Å². The first-order chi connectivity index (χ1) is 9.08. The van der Waals surface area contributed by atoms with Crippen LogP contribution in [0.4, 0.5) is 4.39 Å². The molecule has 100 valence electrons. The van der Waals surface area contributed by atoms with Gasteiger partial charge in [-0.05, 0) is 13.0 Å². The van der Waals surface area contributed by atoms with E-state index in [0.717, 1.165) is 7.11 Å². The average molecular weight is 265 g/mol. The minimum atomic E-state index is -0.928. The summed E-state index contributed by atoms with van der Waals surface area (Å²) in [7, 11) is 1.14. The predicted octanol–water partition coefficient (Wildman–Crippen LogP) is 1.31. The lowest BCUT2D eigenvalue weighted by Crippen LogP contribution is -2.06. The van der Waals surface area contributed by atoms with Gasteiger partial charge in [-0.3, -0.25) is 4.79 Å². The number of hydrogen-bond donors (Lipinski definition) is 0. The van der Waals surface area contributed by atoms with Gasteiger partial charge in [0.25, 0.3) is 0 Å². The van der Waals surface area contributed by atoms with Crippen LogP contribution in [-0.4, -0.2) is 30.6 Å². The molecule has 0 atom stereocenters. The minimum absolute atomic E-state index is 0.0845. The van der Waals surface area contributed by atoms with E-state index < -0.39 is 17.9 Å². The molecule has 0 amide bonds. The van der Waals surface area contributed by atoms with Crippen molar-refractivity contribution in [3.05, 3.63) is 29.3 Å². The normalized spacial score (nSPS) is 9.21. The van der Waals surface area contributed by atoms with Crippen LogP contribution in [-0.2, 0) is 14.3 Å². The molecule has 1 rings (SSSR count). The van der Waals surface area contributed by atoms with Gasteiger partial charge in [-0.1, -0.05) is 11.8 Å². The molecule has 19 heavy (non-hydrogen) atoms. The lowest BCUT2D eigenvalue weighted by Gasteiger charge is -2.00. The number of ether oxygens (including phenoxy) is 2. The molecule has 5 nitrogen and oxygen atoms in total. The van der Waals surface area contributed by atoms with E-state index in [9.17, 15) is 14.0 Å². The summed E-state index contributed by atoms with van der Waals surface area (Å²) < 4.78 is 22.3. The van der Waals surface area contributed by atoms with Crippen molar-refractivity contribution in [1.29, 1.82) is 0 Å². The molecule has 0 saturated heterocycles. The third kappa shape index (κ3) is 4.39. The van der Waals surface area contributed by atoms with E-state index in [0.29, 0.717) is 5.56 Å². The second-order valence-electron chi connectivity index (χ2n) is 3.34. The molecule has 0 aliphatic heterocycles. The van der Waals surface area contributed by atoms with Crippen molar-refractivity contribution in [3.8, 4) is 11.8 Å². The fourth-order valence-corrected chi connectivity index (χ4v) is 1.20. The van der Waals surface area contributed by atoms with Gasteiger partial charge in [0.1, 0.15) is 12.0 Å². The van der Waals surface area contributed by atoms with Crippen LogP contribution in [0.5, 0.6) is 0 Å². The van der Waals surface area contributed by atoms with Gasteiger partial charge in [0, 0.05) is 11.8 Å². The second kappa shape index (κ2) is 7.11. The van der Waals surface area contributed by atoms with E-state index in [1.54, 1.807) is 6.92 Å². The maximum absolute atomic E-state index is 13.2. The highest BCUT2D eigenvalue weighted by atomic mass is 19.1. The summed E-state index contributed by atoms with van der Waals surface area (Å²) in [4.78, 5) is 25.7. The van der Waals surface area contributed by atoms with Crippen LogP contribution in [0.25, 0.3) is 0 Å². The number of rotatable bonds is 3. The van der Waals surface area contributed by atoms with Crippen molar-refractivity contribution in [3.63, 3.8) is 0 Å². The summed E-state index contributed by atoms with van der Waals surface area (Å²) in [5, 5.41) is 0. The first-order valence-corrected chi connectivity index (χ1v) is 5.46. The molecule has 1 aromatic heterocycles. The number of carbonyl (C=O) groups is 2. The zero-order valence-corrected chi connectivity index (χ0v) is 10.5. The van der Waals surface area contributed by atoms with Gasteiger partial charge in [-0.2, -0.15) is 4.39 Å². The smallest absolute Gasteiger partial charge is 0.342 e. The van der Waals surface area contributed by atoms with E-state index in [2.05, 4.69) is 26.3 Å². The molecule has 1 heterocycles. The number of carbonyl (C=O) groups excluding carboxylic acids is 2. The average Bonchev–Trinajstić information content (AvgIpc) is 2.40. The molecule has 0 aliphatic rings. The largest absolute Gasteiger partial charge is 0.465 e. The Labute approximate surface area is 109 Å². The van der Waals surface area contributed by atoms with E-state index in [-0.39, 0.29) is 18.6 Å². The quantitative estimate of drug-likeness (QED) is 0.468. The SMILES string of the molecule is CCOC(=O)CC#Cc1cnc(F)c(C(=O)OC)c1. The molecule has 0 aromatic carbocycles. The fraction of sp³-hybridized carbons (Fsp3) is 0.308. The van der Waals surface area contributed by atoms with E-state index in [1.165, 1.54) is 12.3 Å². The summed E-state index contributed by atoms with van der Waals surface area (Å²) in [5.74, 6) is 2.94. The maximum atomic E-state index is 13.2. The third-order valence-electron chi connectivity index (χ3n) is 2.02. The van der Waals surface area contributed by atoms with Gasteiger partial charge in [0.2, 0.25) is 5.95 Å². The number of methoxy groups -OCH3 is 1. The Balaban J connectivity index is 2.83. The van der Waals surface area contributed by atoms with Gasteiger partial charge in [-0.25, -0.2) is 9.78 Å². The zero-order chi connectivity index (χ0) is 14.3. The Morgan fingerprint density at radius 1 is 1.47 bits per heavy atom. The van der Waals surface area contributed by atoms with Gasteiger partial charge < -0.3 is 9.47 Å². The van der Waals surface area contributed by atoms with Gasteiger partial charge in [-0.15, -0.1) is 0 Å². The molecule has 0 bridgehead atoms. The van der Waals surface area contributed by atoms with Crippen molar-refractivity contribution in [1.82, 2.24) is 4.98 Å². The molecule has 1 aromatic rings. The van der Waals surface area contributed by atoms with Crippen LogP contribution >= 0.6 is 0 Å². The summed E-state index contributed by atoms with van der Waals surface area (Å²) in [6, 6.07) is 1.21. The minimum Gasteiger partial charge on any atom is -0.465 e. The summed E-state index contributed by atoms with van der Waals surface area (Å²) in [6.07, 6.45) is 1.08. The monoisotopic (exact) mass is 265 g/mol. The highest BCUT2D eigenvalue weighted by Gasteiger charge is 2.13. The molecule has 0 saturated carbocycles. The summed E-state index contributed by atoms with van der Waals surface area (Å²) >= 11 is 0. The van der Waals surface area contributed by atoms with Crippen LogP contribution in [0, 0.1) is 17.8 Å². The predicted molar refractivity (Wildman–Crippen MR) is 63.7 cm³/mol. The highest BCUT2D eigenvalue weighted by Crippen LogP contribution is 2.08. The van der Waals surface area contributed by atoms with Gasteiger partial charge in [0.05, 0.1) is 13.7 Å². The fourth-order valence-electron chi connectivity index (χ4n) is 1.20. The Kier molecular flexibility index (Phi) is 5.48. The number of aromatic nitrogens is 1. The molecule has 0 aliphatic carbocycles. The van der Waals surface area contributed by atoms with E-state index in [1.807, 2.05) is 0 Å². The van der Waals surface area contributed by atoms with Crippen LogP contribution in [0.3, 0.4) is 0 Å². The Morgan fingerprint density at radius 2 is 2.21 bits per heavy atom. The van der Waals surface area contributed by atoms with Crippen LogP contribution in [0.1, 0.15) is 29.3 Å². The van der Waals surface area contributed by atoms with Gasteiger partial charge >= 0.3 is 11.9 Å². The van der Waals surface area contributed by atoms with E-state index in [4.69, 9.17) is 0 Å². The lowest BCUT2D eigenvalue weighted by molar-refractivity contribution is -0.141. The maximum Gasteiger partial charge on any atom is 0.342 e. The third-order valence-corrected chi connectivity index (χ3v) is 2.02. The standard InChI is InChI=1S/C13H12FNO4/c1-3-19-11(16)6-4-5-9-7-10(13(17)18-2)12(14)15-8-9/h7-8H,3,6H2,1-2H3. The molecule has 0 radical (unpaired) electrons. The lowest BCUT2D eigenvalue weighted by atomic mass is 10.2. The van der Waals surface area contributed by atoms with Crippen molar-refractivity contribution < 1.29 is 23.5 Å². The molecular formula is C13H12FNO4. The van der Waals surface area contributed by atoms with Crippen LogP contribution in [0.2, 0.25) is 0 Å². The Hall–Kier alpha value is -2.42. The number of esters is 2. The summed E-state index contributed by atoms with van der Waals surface area (Å²) in [5.41, 5.74) is 0.0107. The first kappa shape index (κ1) is 14.6. The molecule has 0 spiro atoms. The number of pyridine rings is 1. The number of nitrogens with zero attached hydrogens (tertiary/aromatic N) is 1. The Bertz CT molecular complexity index is 545. The molecular weight excluding hydrogens is 253 g/mol. The van der Waals surface area contributed by atoms with Gasteiger partial charge in [0.15, 0.2) is 0 Å².